The van der Waals surface area contributed by atoms with E-state index in [1.54, 1.807) is 63.4 Å². The lowest BCUT2D eigenvalue weighted by molar-refractivity contribution is -0.184. The molecule has 0 aliphatic heterocycles. The van der Waals surface area contributed by atoms with Gasteiger partial charge in [0.05, 0.1) is 11.7 Å². The van der Waals surface area contributed by atoms with Gasteiger partial charge in [-0.1, -0.05) is 12.1 Å². The number of nitrogens with one attached hydrogen (secondary N) is 1. The summed E-state index contributed by atoms with van der Waals surface area (Å²) in [6, 6.07) is 7.56. The van der Waals surface area contributed by atoms with Gasteiger partial charge in [-0.3, -0.25) is 19.2 Å². The second-order valence-corrected chi connectivity index (χ2v) is 12.1. The second kappa shape index (κ2) is 10.5. The number of primary amides is 1. The molecule has 3 aliphatic rings. The number of Topliss-reactive ketones (excluding diaryl/α,β-unsaturated/α-hetero) is 2. The topological polar surface area (TPSA) is 194 Å². The number of likely N-dealkylation sites (N-methyl/N-ethyl adjacent to an activating group) is 1. The summed E-state index contributed by atoms with van der Waals surface area (Å²) >= 11 is 0. The van der Waals surface area contributed by atoms with Crippen molar-refractivity contribution in [2.75, 3.05) is 38.4 Å². The monoisotopic (exact) mass is 592 g/mol. The van der Waals surface area contributed by atoms with Crippen LogP contribution in [0.1, 0.15) is 24.5 Å². The summed E-state index contributed by atoms with van der Waals surface area (Å²) in [7, 11) is 6.81. The van der Waals surface area contributed by atoms with Crippen LogP contribution in [0.3, 0.4) is 0 Å². The number of carbonyl (C=O) groups is 4. The fourth-order valence-electron chi connectivity index (χ4n) is 7.24. The van der Waals surface area contributed by atoms with Gasteiger partial charge in [0.25, 0.3) is 0 Å². The van der Waals surface area contributed by atoms with Gasteiger partial charge in [-0.25, -0.2) is 0 Å². The van der Waals surface area contributed by atoms with Crippen LogP contribution in [0, 0.1) is 17.8 Å². The third-order valence-corrected chi connectivity index (χ3v) is 9.04. The summed E-state index contributed by atoms with van der Waals surface area (Å²) in [6.45, 7) is 1.37. The first-order valence-corrected chi connectivity index (χ1v) is 13.9. The number of phenolic OH excluding ortho intramolecular Hbond substituents is 1. The molecule has 0 radical (unpaired) electrons. The Kier molecular flexibility index (Phi) is 7.36. The number of hydrogen-bond acceptors (Lipinski definition) is 10. The number of aliphatic hydroxyl groups excluding tert-OH is 2. The molecule has 12 nitrogen and oxygen atoms in total. The van der Waals surface area contributed by atoms with E-state index >= 15 is 0 Å². The van der Waals surface area contributed by atoms with E-state index in [-0.39, 0.29) is 35.6 Å². The molecule has 43 heavy (non-hydrogen) atoms. The number of hydrogen-bond donors (Lipinski definition) is 6. The molecule has 6 atom stereocenters. The van der Waals surface area contributed by atoms with E-state index in [1.807, 2.05) is 4.90 Å². The molecule has 228 valence electrons. The number of aliphatic hydroxyl groups is 3. The molecule has 7 N–H and O–H groups in total. The van der Waals surface area contributed by atoms with Crippen molar-refractivity contribution in [1.82, 2.24) is 4.90 Å². The van der Waals surface area contributed by atoms with Crippen molar-refractivity contribution >= 4 is 40.5 Å². The van der Waals surface area contributed by atoms with Crippen molar-refractivity contribution in [1.29, 1.82) is 0 Å². The number of nitrogens with two attached hydrogens (primary N) is 1. The standard InChI is InChI=1S/C31H36N4O8/c1-13(36)33-16-8-6-7-14(9-16)17-12-20(34(2)3)18-10-15-11-19-24(35(4)5)27(39)23(30(32)42)29(41)31(19,43)28(40)21(15)26(38)22(18)25(17)37/h6-9,12,15,19,23-24,27,37-39,43H,10-11H2,1-5H3,(H2,32,42)(H,33,36)/t15-,19-,23?,24-,27?,31-/m0/s1. The third-order valence-electron chi connectivity index (χ3n) is 9.04. The maximum atomic E-state index is 14.1. The average molecular weight is 593 g/mol. The molecule has 0 aromatic heterocycles. The Morgan fingerprint density at radius 3 is 2.35 bits per heavy atom. The Labute approximate surface area is 248 Å². The molecule has 12 heteroatoms. The van der Waals surface area contributed by atoms with Gasteiger partial charge < -0.3 is 41.3 Å². The van der Waals surface area contributed by atoms with E-state index in [0.717, 1.165) is 0 Å². The largest absolute Gasteiger partial charge is 0.507 e. The number of rotatable bonds is 5. The minimum Gasteiger partial charge on any atom is -0.507 e. The van der Waals surface area contributed by atoms with Gasteiger partial charge in [-0.2, -0.15) is 0 Å². The van der Waals surface area contributed by atoms with Crippen molar-refractivity contribution in [2.24, 2.45) is 23.5 Å². The highest BCUT2D eigenvalue weighted by Crippen LogP contribution is 2.54. The van der Waals surface area contributed by atoms with E-state index in [4.69, 9.17) is 5.73 Å². The normalized spacial score (nSPS) is 28.2. The number of fused-ring (bicyclic) bond motifs is 3. The fraction of sp³-hybridized carbons (Fsp3) is 0.419. The second-order valence-electron chi connectivity index (χ2n) is 12.1. The lowest BCUT2D eigenvalue weighted by Crippen LogP contribution is -2.73. The SMILES string of the molecule is CC(=O)Nc1cccc(-c2cc(N(C)C)c3c(c2O)C(O)=C2C(=O)[C@]4(O)C(=O)C(C(N)=O)C(O)[C@@H](N(C)C)[C@@H]4C[C@@H]2C3)c1. The average Bonchev–Trinajstić information content (AvgIpc) is 2.90. The molecule has 0 spiro atoms. The summed E-state index contributed by atoms with van der Waals surface area (Å²) < 4.78 is 0. The fourth-order valence-corrected chi connectivity index (χ4v) is 7.24. The Hall–Kier alpha value is -4.26. The smallest absolute Gasteiger partial charge is 0.230 e. The molecule has 2 aromatic rings. The highest BCUT2D eigenvalue weighted by Gasteiger charge is 2.67. The molecule has 2 amide bonds. The zero-order valence-electron chi connectivity index (χ0n) is 24.6. The van der Waals surface area contributed by atoms with Crippen LogP contribution in [0.5, 0.6) is 5.75 Å². The minimum absolute atomic E-state index is 0.00770. The van der Waals surface area contributed by atoms with Gasteiger partial charge in [0, 0.05) is 55.5 Å². The number of phenols is 1. The van der Waals surface area contributed by atoms with Gasteiger partial charge in [-0.05, 0) is 62.2 Å². The van der Waals surface area contributed by atoms with E-state index in [0.29, 0.717) is 28.1 Å². The number of ketones is 2. The number of carbonyl (C=O) groups excluding carboxylic acids is 4. The molecular formula is C31H36N4O8. The first-order chi connectivity index (χ1) is 20.1. The molecular weight excluding hydrogens is 556 g/mol. The van der Waals surface area contributed by atoms with Crippen molar-refractivity contribution in [3.63, 3.8) is 0 Å². The van der Waals surface area contributed by atoms with E-state index in [1.165, 1.54) is 6.92 Å². The molecule has 0 saturated heterocycles. The van der Waals surface area contributed by atoms with Crippen LogP contribution in [0.15, 0.2) is 35.9 Å². The summed E-state index contributed by atoms with van der Waals surface area (Å²) in [5, 5.41) is 48.9. The molecule has 3 aliphatic carbocycles. The maximum Gasteiger partial charge on any atom is 0.230 e. The molecule has 5 rings (SSSR count). The highest BCUT2D eigenvalue weighted by molar-refractivity contribution is 6.25. The van der Waals surface area contributed by atoms with Gasteiger partial charge in [-0.15, -0.1) is 0 Å². The zero-order valence-corrected chi connectivity index (χ0v) is 24.6. The first kappa shape index (κ1) is 30.2. The third kappa shape index (κ3) is 4.48. The van der Waals surface area contributed by atoms with Crippen LogP contribution in [-0.4, -0.2) is 94.6 Å². The summed E-state index contributed by atoms with van der Waals surface area (Å²) in [4.78, 5) is 55.0. The first-order valence-electron chi connectivity index (χ1n) is 13.9. The van der Waals surface area contributed by atoms with Gasteiger partial charge in [0.1, 0.15) is 17.4 Å². The van der Waals surface area contributed by atoms with Crippen molar-refractivity contribution in [3.05, 3.63) is 47.0 Å². The van der Waals surface area contributed by atoms with Crippen molar-refractivity contribution in [3.8, 4) is 16.9 Å². The molecule has 2 fully saturated rings. The highest BCUT2D eigenvalue weighted by atomic mass is 16.3. The predicted octanol–water partition coefficient (Wildman–Crippen LogP) is 0.820. The Bertz CT molecular complexity index is 1600. The summed E-state index contributed by atoms with van der Waals surface area (Å²) in [5.74, 6) is -8.20. The molecule has 0 bridgehead atoms. The van der Waals surface area contributed by atoms with Crippen LogP contribution in [0.25, 0.3) is 16.9 Å². The number of aromatic hydroxyl groups is 1. The van der Waals surface area contributed by atoms with Crippen molar-refractivity contribution in [2.45, 2.75) is 37.5 Å². The van der Waals surface area contributed by atoms with Gasteiger partial charge >= 0.3 is 0 Å². The molecule has 2 aromatic carbocycles. The van der Waals surface area contributed by atoms with E-state index < -0.39 is 58.7 Å². The van der Waals surface area contributed by atoms with Crippen LogP contribution < -0.4 is 16.0 Å². The Morgan fingerprint density at radius 2 is 1.77 bits per heavy atom. The maximum absolute atomic E-state index is 14.1. The number of anilines is 2. The summed E-state index contributed by atoms with van der Waals surface area (Å²) in [5.41, 5.74) is 5.05. The lowest BCUT2D eigenvalue weighted by Gasteiger charge is -2.53. The van der Waals surface area contributed by atoms with Crippen LogP contribution in [-0.2, 0) is 25.6 Å². The van der Waals surface area contributed by atoms with Crippen LogP contribution in [0.2, 0.25) is 0 Å². The van der Waals surface area contributed by atoms with E-state index in [2.05, 4.69) is 5.32 Å². The lowest BCUT2D eigenvalue weighted by atomic mass is 9.54. The van der Waals surface area contributed by atoms with Crippen molar-refractivity contribution < 1.29 is 39.6 Å². The number of amides is 2. The predicted molar refractivity (Wildman–Crippen MR) is 158 cm³/mol. The van der Waals surface area contributed by atoms with E-state index in [9.17, 15) is 39.6 Å². The molecule has 2 saturated carbocycles. The van der Waals surface area contributed by atoms with Gasteiger partial charge in [0.15, 0.2) is 11.4 Å². The number of benzene rings is 2. The Balaban J connectivity index is 1.72. The number of nitrogens with zero attached hydrogens (tertiary/aromatic N) is 2. The quantitative estimate of drug-likeness (QED) is 0.271. The Morgan fingerprint density at radius 1 is 1.09 bits per heavy atom. The molecule has 0 heterocycles. The minimum atomic E-state index is -2.73. The zero-order chi connectivity index (χ0) is 31.7. The van der Waals surface area contributed by atoms with Crippen LogP contribution in [0.4, 0.5) is 11.4 Å². The summed E-state index contributed by atoms with van der Waals surface area (Å²) in [6.07, 6.45) is -1.33. The van der Waals surface area contributed by atoms with Gasteiger partial charge in [0.2, 0.25) is 17.6 Å². The van der Waals surface area contributed by atoms with Crippen LogP contribution >= 0.6 is 0 Å². The molecule has 2 unspecified atom stereocenters.